The lowest BCUT2D eigenvalue weighted by atomic mass is 10.1. The molecule has 2 heterocycles. The van der Waals surface area contributed by atoms with Gasteiger partial charge >= 0.3 is 0 Å². The lowest BCUT2D eigenvalue weighted by molar-refractivity contribution is 0.0748. The molecule has 1 saturated heterocycles. The molecule has 0 bridgehead atoms. The number of nitrogens with zero attached hydrogens (tertiary/aromatic N) is 3. The Morgan fingerprint density at radius 3 is 2.58 bits per heavy atom. The molecule has 1 fully saturated rings. The van der Waals surface area contributed by atoms with Crippen molar-refractivity contribution in [1.82, 2.24) is 9.88 Å². The Morgan fingerprint density at radius 2 is 1.77 bits per heavy atom. The first-order valence-corrected chi connectivity index (χ1v) is 8.78. The third-order valence-electron chi connectivity index (χ3n) is 4.85. The van der Waals surface area contributed by atoms with Gasteiger partial charge in [0.1, 0.15) is 5.75 Å². The molecule has 3 aromatic rings. The number of piperazine rings is 1. The fourth-order valence-electron chi connectivity index (χ4n) is 3.42. The number of anilines is 1. The van der Waals surface area contributed by atoms with E-state index in [1.165, 1.54) is 0 Å². The minimum absolute atomic E-state index is 0.0552. The molecule has 0 saturated carbocycles. The van der Waals surface area contributed by atoms with Gasteiger partial charge in [0.25, 0.3) is 5.91 Å². The number of fused-ring (bicyclic) bond motifs is 1. The van der Waals surface area contributed by atoms with Crippen LogP contribution >= 0.6 is 0 Å². The fraction of sp³-hybridized carbons (Fsp3) is 0.238. The number of ether oxygens (including phenoxy) is 1. The number of hydrogen-bond acceptors (Lipinski definition) is 4. The largest absolute Gasteiger partial charge is 0.497 e. The molecule has 0 N–H and O–H groups in total. The number of methoxy groups -OCH3 is 1. The molecule has 0 unspecified atom stereocenters. The lowest BCUT2D eigenvalue weighted by Crippen LogP contribution is -2.48. The van der Waals surface area contributed by atoms with E-state index in [0.717, 1.165) is 35.4 Å². The number of pyridine rings is 1. The highest BCUT2D eigenvalue weighted by Gasteiger charge is 2.24. The van der Waals surface area contributed by atoms with Gasteiger partial charge in [-0.2, -0.15) is 0 Å². The van der Waals surface area contributed by atoms with Crippen molar-refractivity contribution >= 4 is 22.5 Å². The number of carbonyl (C=O) groups is 1. The van der Waals surface area contributed by atoms with Crippen molar-refractivity contribution < 1.29 is 9.53 Å². The molecule has 132 valence electrons. The summed E-state index contributed by atoms with van der Waals surface area (Å²) in [5, 5.41) is 0.994. The third kappa shape index (κ3) is 3.08. The summed E-state index contributed by atoms with van der Waals surface area (Å²) in [7, 11) is 1.67. The van der Waals surface area contributed by atoms with E-state index in [1.54, 1.807) is 13.3 Å². The zero-order valence-electron chi connectivity index (χ0n) is 14.8. The maximum absolute atomic E-state index is 13.0. The Kier molecular flexibility index (Phi) is 4.44. The molecule has 0 spiro atoms. The molecule has 0 aliphatic carbocycles. The Hall–Kier alpha value is -3.08. The van der Waals surface area contributed by atoms with Gasteiger partial charge in [-0.25, -0.2) is 0 Å². The van der Waals surface area contributed by atoms with Crippen molar-refractivity contribution in [2.75, 3.05) is 38.2 Å². The first-order valence-electron chi connectivity index (χ1n) is 8.78. The number of benzene rings is 2. The van der Waals surface area contributed by atoms with Crippen molar-refractivity contribution in [1.29, 1.82) is 0 Å². The second-order valence-corrected chi connectivity index (χ2v) is 6.36. The van der Waals surface area contributed by atoms with Gasteiger partial charge in [-0.15, -0.1) is 0 Å². The smallest absolute Gasteiger partial charge is 0.256 e. The van der Waals surface area contributed by atoms with Crippen molar-refractivity contribution in [3.05, 3.63) is 66.4 Å². The van der Waals surface area contributed by atoms with Crippen molar-refractivity contribution in [2.24, 2.45) is 0 Å². The molecular formula is C21H21N3O2. The SMILES string of the molecule is COc1cccc(N2CCN(C(=O)c3cccc4cccnc34)CC2)c1. The molecule has 5 nitrogen and oxygen atoms in total. The van der Waals surface area contributed by atoms with Crippen LogP contribution < -0.4 is 9.64 Å². The monoisotopic (exact) mass is 347 g/mol. The normalized spacial score (nSPS) is 14.5. The van der Waals surface area contributed by atoms with Crippen LogP contribution in [0, 0.1) is 0 Å². The van der Waals surface area contributed by atoms with Crippen LogP contribution in [0.25, 0.3) is 10.9 Å². The highest BCUT2D eigenvalue weighted by Crippen LogP contribution is 2.23. The van der Waals surface area contributed by atoms with Crippen molar-refractivity contribution in [2.45, 2.75) is 0 Å². The summed E-state index contributed by atoms with van der Waals surface area (Å²) in [5.74, 6) is 0.905. The average molecular weight is 347 g/mol. The Morgan fingerprint density at radius 1 is 1.00 bits per heavy atom. The minimum atomic E-state index is 0.0552. The van der Waals surface area contributed by atoms with Gasteiger partial charge in [0.2, 0.25) is 0 Å². The Labute approximate surface area is 152 Å². The third-order valence-corrected chi connectivity index (χ3v) is 4.85. The van der Waals surface area contributed by atoms with Gasteiger partial charge in [0, 0.05) is 49.5 Å². The van der Waals surface area contributed by atoms with E-state index in [0.29, 0.717) is 18.7 Å². The van der Waals surface area contributed by atoms with Crippen LogP contribution in [0.5, 0.6) is 5.75 Å². The highest BCUT2D eigenvalue weighted by atomic mass is 16.5. The van der Waals surface area contributed by atoms with E-state index in [4.69, 9.17) is 4.74 Å². The summed E-state index contributed by atoms with van der Waals surface area (Å²) < 4.78 is 5.31. The van der Waals surface area contributed by atoms with Crippen LogP contribution in [0.4, 0.5) is 5.69 Å². The fourth-order valence-corrected chi connectivity index (χ4v) is 3.42. The van der Waals surface area contributed by atoms with E-state index >= 15 is 0 Å². The standard InChI is InChI=1S/C21H21N3O2/c1-26-18-8-3-7-17(15-18)23-11-13-24(14-12-23)21(25)19-9-2-5-16-6-4-10-22-20(16)19/h2-10,15H,11-14H2,1H3. The molecule has 2 aromatic carbocycles. The number of hydrogen-bond donors (Lipinski definition) is 0. The summed E-state index contributed by atoms with van der Waals surface area (Å²) in [4.78, 5) is 21.6. The first-order chi connectivity index (χ1) is 12.8. The minimum Gasteiger partial charge on any atom is -0.497 e. The van der Waals surface area contributed by atoms with E-state index in [9.17, 15) is 4.79 Å². The van der Waals surface area contributed by atoms with Crippen LogP contribution in [0.3, 0.4) is 0 Å². The number of rotatable bonds is 3. The molecule has 1 aromatic heterocycles. The molecule has 1 amide bonds. The Balaban J connectivity index is 1.50. The summed E-state index contributed by atoms with van der Waals surface area (Å²) in [6.07, 6.45) is 1.74. The number of amides is 1. The van der Waals surface area contributed by atoms with Crippen LogP contribution in [0.2, 0.25) is 0 Å². The zero-order valence-corrected chi connectivity index (χ0v) is 14.8. The predicted molar refractivity (Wildman–Crippen MR) is 103 cm³/mol. The predicted octanol–water partition coefficient (Wildman–Crippen LogP) is 3.21. The van der Waals surface area contributed by atoms with Crippen molar-refractivity contribution in [3.63, 3.8) is 0 Å². The molecule has 0 radical (unpaired) electrons. The van der Waals surface area contributed by atoms with Crippen LogP contribution in [-0.4, -0.2) is 49.1 Å². The lowest BCUT2D eigenvalue weighted by Gasteiger charge is -2.36. The van der Waals surface area contributed by atoms with Crippen LogP contribution in [0.15, 0.2) is 60.8 Å². The van der Waals surface area contributed by atoms with E-state index < -0.39 is 0 Å². The van der Waals surface area contributed by atoms with Crippen LogP contribution in [0.1, 0.15) is 10.4 Å². The van der Waals surface area contributed by atoms with Crippen LogP contribution in [-0.2, 0) is 0 Å². The van der Waals surface area contributed by atoms with E-state index in [1.807, 2.05) is 53.4 Å². The van der Waals surface area contributed by atoms with Gasteiger partial charge in [-0.1, -0.05) is 24.3 Å². The summed E-state index contributed by atoms with van der Waals surface area (Å²) in [6, 6.07) is 17.7. The maximum atomic E-state index is 13.0. The molecule has 5 heteroatoms. The maximum Gasteiger partial charge on any atom is 0.256 e. The summed E-state index contributed by atoms with van der Waals surface area (Å²) >= 11 is 0. The number of aromatic nitrogens is 1. The van der Waals surface area contributed by atoms with Gasteiger partial charge < -0.3 is 14.5 Å². The van der Waals surface area contributed by atoms with Gasteiger partial charge in [0.15, 0.2) is 0 Å². The first kappa shape index (κ1) is 16.4. The Bertz CT molecular complexity index is 928. The second kappa shape index (κ2) is 7.04. The molecular weight excluding hydrogens is 326 g/mol. The van der Waals surface area contributed by atoms with Gasteiger partial charge in [-0.3, -0.25) is 9.78 Å². The van der Waals surface area contributed by atoms with Crippen molar-refractivity contribution in [3.8, 4) is 5.75 Å². The van der Waals surface area contributed by atoms with Gasteiger partial charge in [-0.05, 0) is 24.3 Å². The molecule has 0 atom stereocenters. The summed E-state index contributed by atoms with van der Waals surface area (Å²) in [5.41, 5.74) is 2.58. The van der Waals surface area contributed by atoms with E-state index in [-0.39, 0.29) is 5.91 Å². The molecule has 4 rings (SSSR count). The molecule has 26 heavy (non-hydrogen) atoms. The highest BCUT2D eigenvalue weighted by molar-refractivity contribution is 6.05. The summed E-state index contributed by atoms with van der Waals surface area (Å²) in [6.45, 7) is 2.99. The topological polar surface area (TPSA) is 45.7 Å². The number of carbonyl (C=O) groups excluding carboxylic acids is 1. The second-order valence-electron chi connectivity index (χ2n) is 6.36. The molecule has 1 aliphatic rings. The quantitative estimate of drug-likeness (QED) is 0.730. The zero-order chi connectivity index (χ0) is 17.9. The number of para-hydroxylation sites is 1. The van der Waals surface area contributed by atoms with Gasteiger partial charge in [0.05, 0.1) is 18.2 Å². The molecule has 1 aliphatic heterocycles. The van der Waals surface area contributed by atoms with E-state index in [2.05, 4.69) is 16.0 Å². The average Bonchev–Trinajstić information content (AvgIpc) is 2.73.